The van der Waals surface area contributed by atoms with Crippen molar-refractivity contribution in [3.8, 4) is 11.4 Å². The van der Waals surface area contributed by atoms with E-state index in [-0.39, 0.29) is 18.9 Å². The van der Waals surface area contributed by atoms with Crippen LogP contribution < -0.4 is 11.1 Å². The number of nitrogens with two attached hydrogens (primary N) is 1. The Bertz CT molecular complexity index is 966. The Morgan fingerprint density at radius 1 is 1.36 bits per heavy atom. The number of nitrogens with one attached hydrogen (secondary N) is 1. The van der Waals surface area contributed by atoms with Gasteiger partial charge in [-0.05, 0) is 24.1 Å². The number of aryl methyl sites for hydroxylation is 1. The molecule has 1 atom stereocenters. The maximum Gasteiger partial charge on any atom is 0.416 e. The molecule has 28 heavy (non-hydrogen) atoms. The molecule has 3 N–H and O–H groups in total. The van der Waals surface area contributed by atoms with Crippen LogP contribution in [0.25, 0.3) is 11.4 Å². The molecule has 6 nitrogen and oxygen atoms in total. The third-order valence-corrected chi connectivity index (χ3v) is 5.08. The number of halogens is 3. The van der Waals surface area contributed by atoms with Crippen LogP contribution in [0.3, 0.4) is 0 Å². The molecule has 2 heterocycles. The van der Waals surface area contributed by atoms with Gasteiger partial charge in [0.05, 0.1) is 10.4 Å². The Morgan fingerprint density at radius 3 is 2.79 bits per heavy atom. The molecule has 1 aromatic carbocycles. The van der Waals surface area contributed by atoms with Crippen LogP contribution in [-0.4, -0.2) is 33.3 Å². The van der Waals surface area contributed by atoms with Crippen molar-refractivity contribution >= 4 is 17.2 Å². The van der Waals surface area contributed by atoms with Gasteiger partial charge in [-0.25, -0.2) is 9.67 Å². The Balaban J connectivity index is 1.69. The van der Waals surface area contributed by atoms with E-state index in [0.717, 1.165) is 17.7 Å². The second-order valence-corrected chi connectivity index (χ2v) is 7.13. The van der Waals surface area contributed by atoms with Gasteiger partial charge >= 0.3 is 6.18 Å². The number of benzene rings is 1. The van der Waals surface area contributed by atoms with Crippen LogP contribution in [0.15, 0.2) is 42.0 Å². The monoisotopic (exact) mass is 409 g/mol. The minimum atomic E-state index is -4.41. The number of carbonyl (C=O) groups is 1. The van der Waals surface area contributed by atoms with Crippen molar-refractivity contribution in [3.05, 3.63) is 58.0 Å². The summed E-state index contributed by atoms with van der Waals surface area (Å²) in [4.78, 5) is 17.1. The van der Waals surface area contributed by atoms with Gasteiger partial charge in [-0.2, -0.15) is 18.3 Å². The van der Waals surface area contributed by atoms with E-state index in [2.05, 4.69) is 15.4 Å². The fourth-order valence-corrected chi connectivity index (χ4v) is 3.53. The molecule has 0 saturated heterocycles. The molecule has 0 spiro atoms. The normalized spacial score (nSPS) is 12.8. The number of rotatable bonds is 6. The molecule has 148 valence electrons. The molecule has 3 rings (SSSR count). The molecular formula is C18H18F3N5OS. The summed E-state index contributed by atoms with van der Waals surface area (Å²) in [5.74, 6) is 0.301. The van der Waals surface area contributed by atoms with Crippen molar-refractivity contribution in [1.29, 1.82) is 0 Å². The fraction of sp³-hybridized carbons (Fsp3) is 0.278. The van der Waals surface area contributed by atoms with Gasteiger partial charge in [0, 0.05) is 30.6 Å². The van der Waals surface area contributed by atoms with Crippen LogP contribution in [-0.2, 0) is 19.6 Å². The Kier molecular flexibility index (Phi) is 5.80. The standard InChI is InChI=1S/C18H18F3N5OS/c1-26-16(23-10-24-26)12-7-15(28-9-12)17(27)25-14(8-22)6-11-3-2-4-13(5-11)18(19,20)21/h2-5,7,9-10,14H,6,8,22H2,1H3,(H,25,27). The Labute approximate surface area is 163 Å². The lowest BCUT2D eigenvalue weighted by atomic mass is 10.0. The average molecular weight is 409 g/mol. The Hall–Kier alpha value is -2.72. The van der Waals surface area contributed by atoms with E-state index in [1.807, 2.05) is 0 Å². The molecule has 0 fully saturated rings. The molecule has 2 aromatic heterocycles. The largest absolute Gasteiger partial charge is 0.416 e. The number of nitrogens with zero attached hydrogens (tertiary/aromatic N) is 3. The average Bonchev–Trinajstić information content (AvgIpc) is 3.29. The Morgan fingerprint density at radius 2 is 2.14 bits per heavy atom. The van der Waals surface area contributed by atoms with Crippen molar-refractivity contribution in [2.75, 3.05) is 6.54 Å². The van der Waals surface area contributed by atoms with Crippen LogP contribution in [0.4, 0.5) is 13.2 Å². The first-order chi connectivity index (χ1) is 13.3. The minimum absolute atomic E-state index is 0.101. The van der Waals surface area contributed by atoms with E-state index >= 15 is 0 Å². The van der Waals surface area contributed by atoms with Gasteiger partial charge in [-0.1, -0.05) is 18.2 Å². The molecular weight excluding hydrogens is 391 g/mol. The lowest BCUT2D eigenvalue weighted by molar-refractivity contribution is -0.137. The van der Waals surface area contributed by atoms with E-state index in [9.17, 15) is 18.0 Å². The van der Waals surface area contributed by atoms with E-state index in [1.54, 1.807) is 29.2 Å². The summed E-state index contributed by atoms with van der Waals surface area (Å²) in [5, 5.41) is 8.57. The minimum Gasteiger partial charge on any atom is -0.347 e. The summed E-state index contributed by atoms with van der Waals surface area (Å²) in [6.45, 7) is 0.101. The highest BCUT2D eigenvalue weighted by Gasteiger charge is 2.30. The summed E-state index contributed by atoms with van der Waals surface area (Å²) >= 11 is 1.25. The molecule has 1 unspecified atom stereocenters. The molecule has 0 aliphatic carbocycles. The zero-order valence-electron chi connectivity index (χ0n) is 14.9. The molecule has 0 saturated carbocycles. The van der Waals surface area contributed by atoms with Gasteiger partial charge in [0.1, 0.15) is 6.33 Å². The first-order valence-electron chi connectivity index (χ1n) is 8.38. The predicted molar refractivity (Wildman–Crippen MR) is 99.8 cm³/mol. The van der Waals surface area contributed by atoms with Crippen LogP contribution in [0.5, 0.6) is 0 Å². The maximum atomic E-state index is 12.9. The fourth-order valence-electron chi connectivity index (χ4n) is 2.74. The lowest BCUT2D eigenvalue weighted by Crippen LogP contribution is -2.41. The summed E-state index contributed by atoms with van der Waals surface area (Å²) in [6, 6.07) is 6.23. The number of amides is 1. The summed E-state index contributed by atoms with van der Waals surface area (Å²) in [5.41, 5.74) is 6.21. The topological polar surface area (TPSA) is 85.8 Å². The van der Waals surface area contributed by atoms with Crippen LogP contribution in [0.2, 0.25) is 0 Å². The quantitative estimate of drug-likeness (QED) is 0.656. The lowest BCUT2D eigenvalue weighted by Gasteiger charge is -2.17. The smallest absolute Gasteiger partial charge is 0.347 e. The van der Waals surface area contributed by atoms with Crippen molar-refractivity contribution in [2.24, 2.45) is 12.8 Å². The van der Waals surface area contributed by atoms with Crippen molar-refractivity contribution < 1.29 is 18.0 Å². The van der Waals surface area contributed by atoms with E-state index in [4.69, 9.17) is 5.73 Å². The SMILES string of the molecule is Cn1ncnc1-c1csc(C(=O)NC(CN)Cc2cccc(C(F)(F)F)c2)c1. The summed E-state index contributed by atoms with van der Waals surface area (Å²) in [7, 11) is 1.75. The second-order valence-electron chi connectivity index (χ2n) is 6.22. The molecule has 0 aliphatic heterocycles. The molecule has 10 heteroatoms. The van der Waals surface area contributed by atoms with Gasteiger partial charge in [-0.15, -0.1) is 11.3 Å². The molecule has 0 bridgehead atoms. The molecule has 0 radical (unpaired) electrons. The van der Waals surface area contributed by atoms with Gasteiger partial charge in [0.25, 0.3) is 5.91 Å². The van der Waals surface area contributed by atoms with E-state index < -0.39 is 17.8 Å². The first kappa shape index (κ1) is 20.0. The number of alkyl halides is 3. The number of carbonyl (C=O) groups excluding carboxylic acids is 1. The molecule has 1 amide bonds. The summed E-state index contributed by atoms with van der Waals surface area (Å²) in [6.07, 6.45) is -2.79. The predicted octanol–water partition coefficient (Wildman–Crippen LogP) is 2.86. The maximum absolute atomic E-state index is 12.9. The van der Waals surface area contributed by atoms with Gasteiger partial charge in [-0.3, -0.25) is 4.79 Å². The number of hydrogen-bond donors (Lipinski definition) is 2. The van der Waals surface area contributed by atoms with Gasteiger partial charge in [0.15, 0.2) is 5.82 Å². The number of aromatic nitrogens is 3. The highest BCUT2D eigenvalue weighted by atomic mass is 32.1. The molecule has 3 aromatic rings. The number of hydrogen-bond acceptors (Lipinski definition) is 5. The van der Waals surface area contributed by atoms with Gasteiger partial charge in [0.2, 0.25) is 0 Å². The van der Waals surface area contributed by atoms with Crippen molar-refractivity contribution in [2.45, 2.75) is 18.6 Å². The van der Waals surface area contributed by atoms with Gasteiger partial charge < -0.3 is 11.1 Å². The van der Waals surface area contributed by atoms with Crippen molar-refractivity contribution in [1.82, 2.24) is 20.1 Å². The van der Waals surface area contributed by atoms with E-state index in [1.165, 1.54) is 23.7 Å². The highest BCUT2D eigenvalue weighted by Crippen LogP contribution is 2.29. The first-order valence-corrected chi connectivity index (χ1v) is 9.26. The third-order valence-electron chi connectivity index (χ3n) is 4.15. The zero-order chi connectivity index (χ0) is 20.3. The van der Waals surface area contributed by atoms with Crippen molar-refractivity contribution in [3.63, 3.8) is 0 Å². The molecule has 0 aliphatic rings. The highest BCUT2D eigenvalue weighted by molar-refractivity contribution is 7.12. The zero-order valence-corrected chi connectivity index (χ0v) is 15.7. The second kappa shape index (κ2) is 8.11. The third kappa shape index (κ3) is 4.57. The van der Waals surface area contributed by atoms with Crippen LogP contribution >= 0.6 is 11.3 Å². The van der Waals surface area contributed by atoms with Crippen LogP contribution in [0, 0.1) is 0 Å². The number of thiophene rings is 1. The summed E-state index contributed by atoms with van der Waals surface area (Å²) < 4.78 is 40.2. The van der Waals surface area contributed by atoms with Crippen LogP contribution in [0.1, 0.15) is 20.8 Å². The van der Waals surface area contributed by atoms with E-state index in [0.29, 0.717) is 16.3 Å².